The van der Waals surface area contributed by atoms with E-state index in [1.54, 1.807) is 11.3 Å². The summed E-state index contributed by atoms with van der Waals surface area (Å²) < 4.78 is 5.81. The van der Waals surface area contributed by atoms with E-state index in [0.717, 1.165) is 27.7 Å². The van der Waals surface area contributed by atoms with E-state index in [-0.39, 0.29) is 11.9 Å². The normalized spacial score (nSPS) is 12.0. The fourth-order valence-corrected chi connectivity index (χ4v) is 4.01. The maximum Gasteiger partial charge on any atom is 0.264 e. The van der Waals surface area contributed by atoms with Gasteiger partial charge in [0, 0.05) is 11.4 Å². The van der Waals surface area contributed by atoms with Gasteiger partial charge in [-0.2, -0.15) is 0 Å². The number of benzene rings is 1. The second kappa shape index (κ2) is 9.15. The van der Waals surface area contributed by atoms with E-state index in [4.69, 9.17) is 4.74 Å². The van der Waals surface area contributed by atoms with E-state index >= 15 is 0 Å². The van der Waals surface area contributed by atoms with Crippen molar-refractivity contribution in [2.24, 2.45) is 0 Å². The number of nitrogens with zero attached hydrogens (tertiary/aromatic N) is 2. The Hall–Kier alpha value is -2.18. The monoisotopic (exact) mass is 400 g/mol. The van der Waals surface area contributed by atoms with Crippen molar-refractivity contribution >= 4 is 28.6 Å². The van der Waals surface area contributed by atoms with Crippen molar-refractivity contribution in [3.63, 3.8) is 0 Å². The molecule has 1 atom stereocenters. The number of hydrogen-bond donors (Lipinski definition) is 0. The van der Waals surface area contributed by atoms with Gasteiger partial charge in [-0.3, -0.25) is 4.79 Å². The van der Waals surface area contributed by atoms with Gasteiger partial charge in [0.05, 0.1) is 17.1 Å². The molecule has 1 unspecified atom stereocenters. The van der Waals surface area contributed by atoms with Gasteiger partial charge in [0.1, 0.15) is 17.4 Å². The lowest BCUT2D eigenvalue weighted by Gasteiger charge is -2.27. The Balaban J connectivity index is 1.64. The van der Waals surface area contributed by atoms with Crippen molar-refractivity contribution in [3.8, 4) is 5.75 Å². The molecule has 2 aromatic heterocycles. The molecule has 0 N–H and O–H groups in total. The number of ether oxygens (including phenoxy) is 1. The molecular weight excluding hydrogens is 376 g/mol. The zero-order valence-corrected chi connectivity index (χ0v) is 17.5. The third-order valence-corrected chi connectivity index (χ3v) is 6.16. The van der Waals surface area contributed by atoms with Crippen LogP contribution in [-0.4, -0.2) is 21.8 Å². The number of carbonyl (C=O) groups excluding carboxylic acids is 1. The highest BCUT2D eigenvalue weighted by Gasteiger charge is 2.22. The topological polar surface area (TPSA) is 42.4 Å². The van der Waals surface area contributed by atoms with Gasteiger partial charge >= 0.3 is 0 Å². The Kier molecular flexibility index (Phi) is 6.63. The summed E-state index contributed by atoms with van der Waals surface area (Å²) >= 11 is 3.05. The quantitative estimate of drug-likeness (QED) is 0.499. The van der Waals surface area contributed by atoms with E-state index in [0.29, 0.717) is 13.2 Å². The molecular formula is C21H24N2O2S2. The number of thiazole rings is 1. The van der Waals surface area contributed by atoms with Gasteiger partial charge in [0.15, 0.2) is 0 Å². The van der Waals surface area contributed by atoms with Crippen LogP contribution in [0.25, 0.3) is 0 Å². The minimum Gasteiger partial charge on any atom is -0.486 e. The van der Waals surface area contributed by atoms with E-state index < -0.39 is 0 Å². The molecule has 3 rings (SSSR count). The van der Waals surface area contributed by atoms with Crippen molar-refractivity contribution < 1.29 is 9.53 Å². The molecule has 4 nitrogen and oxygen atoms in total. The minimum atomic E-state index is 0.0739. The van der Waals surface area contributed by atoms with Gasteiger partial charge in [-0.25, -0.2) is 4.98 Å². The lowest BCUT2D eigenvalue weighted by Crippen LogP contribution is -2.37. The van der Waals surface area contributed by atoms with Crippen LogP contribution in [0, 0.1) is 6.92 Å². The van der Waals surface area contributed by atoms with E-state index in [1.807, 2.05) is 52.1 Å². The van der Waals surface area contributed by atoms with Crippen molar-refractivity contribution in [1.82, 2.24) is 9.88 Å². The van der Waals surface area contributed by atoms with Crippen LogP contribution in [0.4, 0.5) is 0 Å². The zero-order chi connectivity index (χ0) is 19.2. The number of thiophene rings is 1. The average Bonchev–Trinajstić information content (AvgIpc) is 3.36. The first-order chi connectivity index (χ1) is 13.1. The summed E-state index contributed by atoms with van der Waals surface area (Å²) in [5.74, 6) is 0.913. The molecule has 0 aliphatic rings. The van der Waals surface area contributed by atoms with Crippen LogP contribution in [0.1, 0.15) is 46.2 Å². The molecule has 0 aliphatic carbocycles. The summed E-state index contributed by atoms with van der Waals surface area (Å²) in [6, 6.07) is 11.9. The summed E-state index contributed by atoms with van der Waals surface area (Å²) in [5.41, 5.74) is 2.12. The molecule has 0 radical (unpaired) electrons. The summed E-state index contributed by atoms with van der Waals surface area (Å²) in [5, 5.41) is 4.87. The molecule has 0 saturated heterocycles. The number of amides is 1. The molecule has 0 saturated carbocycles. The molecule has 0 spiro atoms. The SMILES string of the molecule is CCC(C)N(Cc1csc(COc2ccc(C)cc2)n1)C(=O)c1cccs1. The molecule has 27 heavy (non-hydrogen) atoms. The van der Waals surface area contributed by atoms with Crippen LogP contribution in [0.2, 0.25) is 0 Å². The first kappa shape index (κ1) is 19.6. The molecule has 6 heteroatoms. The van der Waals surface area contributed by atoms with Crippen LogP contribution < -0.4 is 4.74 Å². The average molecular weight is 401 g/mol. The van der Waals surface area contributed by atoms with Crippen molar-refractivity contribution in [3.05, 3.63) is 68.3 Å². The number of aryl methyl sites for hydroxylation is 1. The lowest BCUT2D eigenvalue weighted by atomic mass is 10.2. The third kappa shape index (κ3) is 5.17. The highest BCUT2D eigenvalue weighted by atomic mass is 32.1. The standard InChI is InChI=1S/C21H24N2O2S2/c1-4-16(3)23(21(24)19-6-5-11-26-19)12-17-14-27-20(22-17)13-25-18-9-7-15(2)8-10-18/h5-11,14,16H,4,12-13H2,1-3H3. The second-order valence-corrected chi connectivity index (χ2v) is 8.39. The Morgan fingerprint density at radius 1 is 1.22 bits per heavy atom. The molecule has 0 bridgehead atoms. The van der Waals surface area contributed by atoms with Gasteiger partial charge in [-0.15, -0.1) is 22.7 Å². The van der Waals surface area contributed by atoms with E-state index in [2.05, 4.69) is 25.8 Å². The predicted molar refractivity (Wildman–Crippen MR) is 112 cm³/mol. The number of hydrogen-bond acceptors (Lipinski definition) is 5. The predicted octanol–water partition coefficient (Wildman–Crippen LogP) is 5.53. The van der Waals surface area contributed by atoms with Gasteiger partial charge in [-0.1, -0.05) is 30.7 Å². The molecule has 0 fully saturated rings. The summed E-state index contributed by atoms with van der Waals surface area (Å²) in [7, 11) is 0. The minimum absolute atomic E-state index is 0.0739. The summed E-state index contributed by atoms with van der Waals surface area (Å²) in [4.78, 5) is 20.2. The Morgan fingerprint density at radius 2 is 2.00 bits per heavy atom. The molecule has 2 heterocycles. The second-order valence-electron chi connectivity index (χ2n) is 6.50. The summed E-state index contributed by atoms with van der Waals surface area (Å²) in [6.07, 6.45) is 0.907. The van der Waals surface area contributed by atoms with Crippen LogP contribution in [-0.2, 0) is 13.2 Å². The number of rotatable bonds is 8. The Bertz CT molecular complexity index is 857. The van der Waals surface area contributed by atoms with E-state index in [1.165, 1.54) is 16.9 Å². The van der Waals surface area contributed by atoms with Crippen molar-refractivity contribution in [1.29, 1.82) is 0 Å². The molecule has 3 aromatic rings. The molecule has 142 valence electrons. The number of aromatic nitrogens is 1. The van der Waals surface area contributed by atoms with Gasteiger partial charge in [-0.05, 0) is 43.8 Å². The van der Waals surface area contributed by atoms with Gasteiger partial charge in [0.2, 0.25) is 0 Å². The lowest BCUT2D eigenvalue weighted by molar-refractivity contribution is 0.0674. The van der Waals surface area contributed by atoms with Crippen LogP contribution in [0.5, 0.6) is 5.75 Å². The Morgan fingerprint density at radius 3 is 2.67 bits per heavy atom. The fraction of sp³-hybridized carbons (Fsp3) is 0.333. The first-order valence-electron chi connectivity index (χ1n) is 9.04. The van der Waals surface area contributed by atoms with Crippen LogP contribution in [0.15, 0.2) is 47.2 Å². The molecule has 1 amide bonds. The smallest absolute Gasteiger partial charge is 0.264 e. The summed E-state index contributed by atoms with van der Waals surface area (Å²) in [6.45, 7) is 7.20. The van der Waals surface area contributed by atoms with Crippen molar-refractivity contribution in [2.45, 2.75) is 46.4 Å². The maximum atomic E-state index is 12.8. The van der Waals surface area contributed by atoms with Gasteiger partial charge < -0.3 is 9.64 Å². The zero-order valence-electron chi connectivity index (χ0n) is 15.8. The molecule has 1 aromatic carbocycles. The van der Waals surface area contributed by atoms with E-state index in [9.17, 15) is 4.79 Å². The third-order valence-electron chi connectivity index (χ3n) is 4.43. The Labute approximate surface area is 168 Å². The van der Waals surface area contributed by atoms with Crippen LogP contribution >= 0.6 is 22.7 Å². The number of carbonyl (C=O) groups is 1. The van der Waals surface area contributed by atoms with Crippen molar-refractivity contribution in [2.75, 3.05) is 0 Å². The fourth-order valence-electron chi connectivity index (χ4n) is 2.63. The van der Waals surface area contributed by atoms with Gasteiger partial charge in [0.25, 0.3) is 5.91 Å². The first-order valence-corrected chi connectivity index (χ1v) is 10.8. The molecule has 0 aliphatic heterocycles. The highest BCUT2D eigenvalue weighted by molar-refractivity contribution is 7.12. The largest absolute Gasteiger partial charge is 0.486 e. The maximum absolute atomic E-state index is 12.8. The van der Waals surface area contributed by atoms with Crippen LogP contribution in [0.3, 0.4) is 0 Å². The highest BCUT2D eigenvalue weighted by Crippen LogP contribution is 2.21.